The van der Waals surface area contributed by atoms with E-state index in [1.807, 2.05) is 13.8 Å². The summed E-state index contributed by atoms with van der Waals surface area (Å²) in [5.41, 5.74) is 0. The Balaban J connectivity index is -0.0000000275. The fraction of sp³-hybridized carbons (Fsp3) is 0.667. The van der Waals surface area contributed by atoms with Gasteiger partial charge in [0.15, 0.2) is 0 Å². The molecule has 0 radical (unpaired) electrons. The predicted molar refractivity (Wildman–Crippen MR) is 25.1 cm³/mol. The summed E-state index contributed by atoms with van der Waals surface area (Å²) in [7, 11) is 0. The molecule has 6 heavy (non-hydrogen) atoms. The lowest BCUT2D eigenvalue weighted by atomic mass is 11.0. The van der Waals surface area contributed by atoms with Gasteiger partial charge in [-0.2, -0.15) is 0 Å². The maximum Gasteiger partial charge on any atom is 0.290 e. The van der Waals surface area contributed by atoms with Crippen LogP contribution in [-0.2, 0) is 4.79 Å². The summed E-state index contributed by atoms with van der Waals surface area (Å²) in [6, 6.07) is 0. The smallest absolute Gasteiger partial charge is 0.290 e. The largest absolute Gasteiger partial charge is 0.483 e. The molecule has 0 heterocycles. The molecule has 0 aromatic heterocycles. The number of hydrogen-bond donors (Lipinski definition) is 2. The van der Waals surface area contributed by atoms with Crippen LogP contribution in [0, 0.1) is 0 Å². The van der Waals surface area contributed by atoms with E-state index in [1.165, 1.54) is 0 Å². The van der Waals surface area contributed by atoms with E-state index in [9.17, 15) is 0 Å². The Morgan fingerprint density at radius 1 is 1.50 bits per heavy atom. The average molecular weight is 93.1 g/mol. The Bertz CT molecular complexity index is 16.3. The van der Waals surface area contributed by atoms with E-state index in [4.69, 9.17) is 9.90 Å². The highest BCUT2D eigenvalue weighted by molar-refractivity contribution is 5.32. The molecule has 0 amide bonds. The normalized spacial score (nSPS) is 3.00. The van der Waals surface area contributed by atoms with Crippen molar-refractivity contribution in [2.24, 2.45) is 0 Å². The topological polar surface area (TPSA) is 72.3 Å². The van der Waals surface area contributed by atoms with Crippen LogP contribution < -0.4 is 6.15 Å². The minimum Gasteiger partial charge on any atom is -0.483 e. The Morgan fingerprint density at radius 3 is 1.50 bits per heavy atom. The highest BCUT2D eigenvalue weighted by Crippen LogP contribution is 1.14. The van der Waals surface area contributed by atoms with E-state index < -0.39 is 0 Å². The van der Waals surface area contributed by atoms with Crippen molar-refractivity contribution in [3.8, 4) is 0 Å². The molecule has 0 saturated carbocycles. The molecular formula is C3H11NO2. The molecule has 0 aromatic rings. The minimum absolute atomic E-state index is 0. The number of carbonyl (C=O) groups is 1. The molecular weight excluding hydrogens is 82.0 g/mol. The Morgan fingerprint density at radius 2 is 1.50 bits per heavy atom. The van der Waals surface area contributed by atoms with Crippen LogP contribution in [-0.4, -0.2) is 11.6 Å². The van der Waals surface area contributed by atoms with Crippen molar-refractivity contribution in [3.05, 3.63) is 0 Å². The molecule has 0 fully saturated rings. The molecule has 4 N–H and O–H groups in total. The fourth-order valence-corrected chi connectivity index (χ4v) is 0. The van der Waals surface area contributed by atoms with Crippen LogP contribution >= 0.6 is 0 Å². The van der Waals surface area contributed by atoms with Crippen molar-refractivity contribution < 1.29 is 9.90 Å². The lowest BCUT2D eigenvalue weighted by Gasteiger charge is -1.34. The second kappa shape index (κ2) is 282. The summed E-state index contributed by atoms with van der Waals surface area (Å²) in [5.74, 6) is 0. The van der Waals surface area contributed by atoms with Crippen molar-refractivity contribution in [1.82, 2.24) is 6.15 Å². The minimum atomic E-state index is -0.250. The van der Waals surface area contributed by atoms with Crippen LogP contribution in [0.25, 0.3) is 0 Å². The summed E-state index contributed by atoms with van der Waals surface area (Å²) in [6.07, 6.45) is 0. The molecule has 0 saturated heterocycles. The quantitative estimate of drug-likeness (QED) is 0.437. The molecule has 40 valence electrons. The Hall–Kier alpha value is -0.570. The van der Waals surface area contributed by atoms with Crippen LogP contribution in [0.2, 0.25) is 0 Å². The Labute approximate surface area is 37.6 Å². The molecule has 3 nitrogen and oxygen atoms in total. The summed E-state index contributed by atoms with van der Waals surface area (Å²) in [6.45, 7) is 3.75. The zero-order valence-corrected chi connectivity index (χ0v) is 4.14. The van der Waals surface area contributed by atoms with Gasteiger partial charge in [-0.25, -0.2) is 0 Å². The first-order valence-corrected chi connectivity index (χ1v) is 1.49. The molecule has 0 aliphatic heterocycles. The monoisotopic (exact) mass is 93.1 g/mol. The molecule has 0 rings (SSSR count). The Kier molecular flexibility index (Phi) is 848. The maximum absolute atomic E-state index is 8.36. The summed E-state index contributed by atoms with van der Waals surface area (Å²) < 4.78 is 0. The van der Waals surface area contributed by atoms with Crippen molar-refractivity contribution in [3.63, 3.8) is 0 Å². The van der Waals surface area contributed by atoms with Crippen molar-refractivity contribution in [1.29, 1.82) is 0 Å². The molecule has 0 aliphatic carbocycles. The zero-order valence-electron chi connectivity index (χ0n) is 4.14. The molecule has 0 atom stereocenters. The summed E-state index contributed by atoms with van der Waals surface area (Å²) in [4.78, 5) is 8.36. The SMILES string of the molecule is CC.N.O=CO. The van der Waals surface area contributed by atoms with Gasteiger partial charge in [0, 0.05) is 0 Å². The molecule has 3 heteroatoms. The van der Waals surface area contributed by atoms with E-state index in [1.54, 1.807) is 0 Å². The zero-order chi connectivity index (χ0) is 4.71. The van der Waals surface area contributed by atoms with Crippen LogP contribution in [0.4, 0.5) is 0 Å². The van der Waals surface area contributed by atoms with Crippen molar-refractivity contribution in [2.75, 3.05) is 0 Å². The first kappa shape index (κ1) is 18.0. The van der Waals surface area contributed by atoms with Gasteiger partial charge in [-0.05, 0) is 0 Å². The van der Waals surface area contributed by atoms with Crippen LogP contribution in [0.1, 0.15) is 13.8 Å². The molecule has 0 spiro atoms. The fourth-order valence-electron chi connectivity index (χ4n) is 0. The van der Waals surface area contributed by atoms with Crippen LogP contribution in [0.15, 0.2) is 0 Å². The first-order chi connectivity index (χ1) is 2.41. The van der Waals surface area contributed by atoms with Gasteiger partial charge in [-0.3, -0.25) is 4.79 Å². The van der Waals surface area contributed by atoms with Crippen molar-refractivity contribution >= 4 is 6.47 Å². The molecule has 0 aromatic carbocycles. The summed E-state index contributed by atoms with van der Waals surface area (Å²) >= 11 is 0. The van der Waals surface area contributed by atoms with E-state index in [2.05, 4.69) is 0 Å². The maximum atomic E-state index is 8.36. The third kappa shape index (κ3) is 62.3. The molecule has 0 unspecified atom stereocenters. The standard InChI is InChI=1S/C2H6.CH2O2.H3N/c1-2;2-1-3;/h1-2H3;1H,(H,2,3);1H3. The van der Waals surface area contributed by atoms with Gasteiger partial charge in [-0.15, -0.1) is 0 Å². The summed E-state index contributed by atoms with van der Waals surface area (Å²) in [5, 5.41) is 6.89. The van der Waals surface area contributed by atoms with Crippen LogP contribution in [0.3, 0.4) is 0 Å². The average Bonchev–Trinajstić information content (AvgIpc) is 1.46. The van der Waals surface area contributed by atoms with Gasteiger partial charge >= 0.3 is 0 Å². The van der Waals surface area contributed by atoms with Gasteiger partial charge in [0.2, 0.25) is 0 Å². The highest BCUT2D eigenvalue weighted by Gasteiger charge is 1.22. The van der Waals surface area contributed by atoms with Gasteiger partial charge < -0.3 is 11.3 Å². The van der Waals surface area contributed by atoms with E-state index in [0.29, 0.717) is 0 Å². The van der Waals surface area contributed by atoms with E-state index in [0.717, 1.165) is 0 Å². The predicted octanol–water partition coefficient (Wildman–Crippen LogP) is 0.889. The third-order valence-corrected chi connectivity index (χ3v) is 0. The second-order valence-corrected chi connectivity index (χ2v) is 0.105. The van der Waals surface area contributed by atoms with E-state index in [-0.39, 0.29) is 12.6 Å². The van der Waals surface area contributed by atoms with Gasteiger partial charge in [0.25, 0.3) is 6.47 Å². The van der Waals surface area contributed by atoms with Crippen molar-refractivity contribution in [2.45, 2.75) is 13.8 Å². The molecule has 0 bridgehead atoms. The lowest BCUT2D eigenvalue weighted by molar-refractivity contribution is -0.122. The van der Waals surface area contributed by atoms with Gasteiger partial charge in [0.1, 0.15) is 0 Å². The number of rotatable bonds is 0. The number of hydrogen-bond acceptors (Lipinski definition) is 2. The van der Waals surface area contributed by atoms with E-state index >= 15 is 0 Å². The second-order valence-electron chi connectivity index (χ2n) is 0.105. The van der Waals surface area contributed by atoms with Gasteiger partial charge in [-0.1, -0.05) is 13.8 Å². The highest BCUT2D eigenvalue weighted by atomic mass is 16.3. The molecule has 0 aliphatic rings. The first-order valence-electron chi connectivity index (χ1n) is 1.49. The lowest BCUT2D eigenvalue weighted by Crippen LogP contribution is -1.49. The van der Waals surface area contributed by atoms with Gasteiger partial charge in [0.05, 0.1) is 0 Å². The third-order valence-electron chi connectivity index (χ3n) is 0. The number of carboxylic acid groups (broad SMARTS) is 1. The van der Waals surface area contributed by atoms with Crippen LogP contribution in [0.5, 0.6) is 0 Å².